The number of nitrogens with one attached hydrogen (secondary N) is 2. The first-order valence-electron chi connectivity index (χ1n) is 9.18. The maximum Gasteiger partial charge on any atom is 0.221 e. The highest BCUT2D eigenvalue weighted by Gasteiger charge is 2.18. The van der Waals surface area contributed by atoms with Crippen LogP contribution in [0.1, 0.15) is 18.1 Å². The molecule has 150 valence electrons. The van der Waals surface area contributed by atoms with Gasteiger partial charge in [-0.25, -0.2) is 0 Å². The summed E-state index contributed by atoms with van der Waals surface area (Å²) < 4.78 is 5.78. The van der Waals surface area contributed by atoms with Crippen molar-refractivity contribution in [2.24, 2.45) is 4.99 Å². The van der Waals surface area contributed by atoms with Crippen molar-refractivity contribution in [1.29, 1.82) is 0 Å². The summed E-state index contributed by atoms with van der Waals surface area (Å²) in [5.41, 5.74) is 3.51. The topological polar surface area (TPSA) is 66.0 Å². The van der Waals surface area contributed by atoms with Gasteiger partial charge in [0, 0.05) is 38.8 Å². The minimum atomic E-state index is -0.0966. The van der Waals surface area contributed by atoms with Gasteiger partial charge in [0.15, 0.2) is 5.96 Å². The molecule has 2 aromatic rings. The second-order valence-corrected chi connectivity index (χ2v) is 6.47. The number of benzene rings is 2. The maximum absolute atomic E-state index is 11.1. The molecule has 2 N–H and O–H groups in total. The molecule has 1 amide bonds. The highest BCUT2D eigenvalue weighted by atomic mass is 127. The van der Waals surface area contributed by atoms with Gasteiger partial charge in [-0.1, -0.05) is 30.3 Å². The van der Waals surface area contributed by atoms with Gasteiger partial charge < -0.3 is 20.3 Å². The van der Waals surface area contributed by atoms with Crippen molar-refractivity contribution in [2.45, 2.75) is 19.9 Å². The molecule has 0 aromatic heterocycles. The summed E-state index contributed by atoms with van der Waals surface area (Å²) in [5.74, 6) is 1.52. The third kappa shape index (κ3) is 6.12. The number of fused-ring (bicyclic) bond motifs is 1. The molecule has 2 aromatic carbocycles. The first-order valence-corrected chi connectivity index (χ1v) is 9.18. The highest BCUT2D eigenvalue weighted by Crippen LogP contribution is 2.19. The lowest BCUT2D eigenvalue weighted by molar-refractivity contribution is -0.114. The monoisotopic (exact) mass is 494 g/mol. The van der Waals surface area contributed by atoms with Crippen molar-refractivity contribution >= 4 is 41.5 Å². The largest absolute Gasteiger partial charge is 0.492 e. The molecule has 0 aliphatic carbocycles. The lowest BCUT2D eigenvalue weighted by Crippen LogP contribution is -2.45. The average molecular weight is 494 g/mol. The Hall–Kier alpha value is -2.29. The Morgan fingerprint density at radius 3 is 2.71 bits per heavy atom. The lowest BCUT2D eigenvalue weighted by Gasteiger charge is -2.31. The van der Waals surface area contributed by atoms with E-state index in [0.29, 0.717) is 13.2 Å². The second kappa shape index (κ2) is 10.9. The average Bonchev–Trinajstić information content (AvgIpc) is 2.67. The van der Waals surface area contributed by atoms with Gasteiger partial charge in [0.2, 0.25) is 5.91 Å². The van der Waals surface area contributed by atoms with E-state index in [4.69, 9.17) is 4.74 Å². The lowest BCUT2D eigenvalue weighted by atomic mass is 10.0. The van der Waals surface area contributed by atoms with E-state index in [1.807, 2.05) is 24.3 Å². The second-order valence-electron chi connectivity index (χ2n) is 6.47. The normalized spacial score (nSPS) is 13.2. The Balaban J connectivity index is 0.00000280. The summed E-state index contributed by atoms with van der Waals surface area (Å²) in [4.78, 5) is 17.8. The van der Waals surface area contributed by atoms with Crippen molar-refractivity contribution in [1.82, 2.24) is 10.2 Å². The molecule has 1 aliphatic heterocycles. The van der Waals surface area contributed by atoms with Gasteiger partial charge in [-0.05, 0) is 29.7 Å². The minimum absolute atomic E-state index is 0. The van der Waals surface area contributed by atoms with Crippen molar-refractivity contribution < 1.29 is 9.53 Å². The fraction of sp³-hybridized carbons (Fsp3) is 0.333. The first kappa shape index (κ1) is 22.0. The number of carbonyl (C=O) groups is 1. The van der Waals surface area contributed by atoms with Crippen LogP contribution < -0.4 is 15.4 Å². The molecule has 0 radical (unpaired) electrons. The Morgan fingerprint density at radius 2 is 1.96 bits per heavy atom. The quantitative estimate of drug-likeness (QED) is 0.290. The molecule has 7 heteroatoms. The Kier molecular flexibility index (Phi) is 8.56. The summed E-state index contributed by atoms with van der Waals surface area (Å²) in [6.45, 7) is 4.47. The Morgan fingerprint density at radius 1 is 1.18 bits per heavy atom. The summed E-state index contributed by atoms with van der Waals surface area (Å²) in [6.07, 6.45) is 1.03. The van der Waals surface area contributed by atoms with Crippen LogP contribution in [-0.4, -0.2) is 43.5 Å². The Labute approximate surface area is 183 Å². The van der Waals surface area contributed by atoms with E-state index >= 15 is 0 Å². The molecule has 1 aliphatic rings. The summed E-state index contributed by atoms with van der Waals surface area (Å²) >= 11 is 0. The molecule has 0 saturated carbocycles. The van der Waals surface area contributed by atoms with Crippen molar-refractivity contribution in [3.05, 3.63) is 59.7 Å². The number of nitrogens with zero attached hydrogens (tertiary/aromatic N) is 2. The molecule has 0 saturated heterocycles. The molecule has 28 heavy (non-hydrogen) atoms. The van der Waals surface area contributed by atoms with Crippen LogP contribution in [0.4, 0.5) is 5.69 Å². The fourth-order valence-corrected chi connectivity index (χ4v) is 3.21. The van der Waals surface area contributed by atoms with E-state index in [-0.39, 0.29) is 29.9 Å². The number of aliphatic imine (C=N–C) groups is 1. The van der Waals surface area contributed by atoms with Gasteiger partial charge in [-0.3, -0.25) is 9.79 Å². The molecule has 3 rings (SSSR count). The SMILES string of the molecule is CN=C(NCCOc1cccc(NC(C)=O)c1)N1CCc2ccccc2C1.I. The predicted octanol–water partition coefficient (Wildman–Crippen LogP) is 3.28. The van der Waals surface area contributed by atoms with Crippen LogP contribution in [0.3, 0.4) is 0 Å². The molecule has 6 nitrogen and oxygen atoms in total. The molecule has 0 spiro atoms. The summed E-state index contributed by atoms with van der Waals surface area (Å²) in [6, 6.07) is 16.0. The van der Waals surface area contributed by atoms with Gasteiger partial charge in [0.1, 0.15) is 12.4 Å². The van der Waals surface area contributed by atoms with E-state index < -0.39 is 0 Å². The van der Waals surface area contributed by atoms with Crippen LogP contribution in [-0.2, 0) is 17.8 Å². The van der Waals surface area contributed by atoms with Gasteiger partial charge >= 0.3 is 0 Å². The molecule has 0 fully saturated rings. The third-order valence-electron chi connectivity index (χ3n) is 4.45. The number of amides is 1. The number of hydrogen-bond acceptors (Lipinski definition) is 3. The highest BCUT2D eigenvalue weighted by molar-refractivity contribution is 14.0. The van der Waals surface area contributed by atoms with Crippen molar-refractivity contribution in [3.8, 4) is 5.75 Å². The van der Waals surface area contributed by atoms with Gasteiger partial charge in [-0.2, -0.15) is 0 Å². The van der Waals surface area contributed by atoms with Gasteiger partial charge in [0.05, 0.1) is 6.54 Å². The van der Waals surface area contributed by atoms with Crippen molar-refractivity contribution in [3.63, 3.8) is 0 Å². The number of halogens is 1. The molecule has 0 unspecified atom stereocenters. The molecule has 0 bridgehead atoms. The van der Waals surface area contributed by atoms with Crippen LogP contribution in [0.25, 0.3) is 0 Å². The summed E-state index contributed by atoms with van der Waals surface area (Å²) in [5, 5.41) is 6.12. The zero-order valence-electron chi connectivity index (χ0n) is 16.3. The number of hydrogen-bond donors (Lipinski definition) is 2. The van der Waals surface area contributed by atoms with Gasteiger partial charge in [-0.15, -0.1) is 24.0 Å². The number of carbonyl (C=O) groups excluding carboxylic acids is 1. The molecule has 1 heterocycles. The van der Waals surface area contributed by atoms with Crippen LogP contribution in [0.2, 0.25) is 0 Å². The van der Waals surface area contributed by atoms with Gasteiger partial charge in [0.25, 0.3) is 0 Å². The number of rotatable bonds is 5. The van der Waals surface area contributed by atoms with E-state index in [9.17, 15) is 4.79 Å². The van der Waals surface area contributed by atoms with E-state index in [1.165, 1.54) is 18.1 Å². The van der Waals surface area contributed by atoms with Crippen molar-refractivity contribution in [2.75, 3.05) is 32.1 Å². The fourth-order valence-electron chi connectivity index (χ4n) is 3.21. The summed E-state index contributed by atoms with van der Waals surface area (Å²) in [7, 11) is 1.81. The van der Waals surface area contributed by atoms with E-state index in [0.717, 1.165) is 36.9 Å². The van der Waals surface area contributed by atoms with E-state index in [2.05, 4.69) is 44.8 Å². The van der Waals surface area contributed by atoms with Crippen LogP contribution >= 0.6 is 24.0 Å². The third-order valence-corrected chi connectivity index (χ3v) is 4.45. The zero-order chi connectivity index (χ0) is 19.1. The standard InChI is InChI=1S/C21H26N4O2.HI/c1-16(26)24-19-8-5-9-20(14-19)27-13-11-23-21(22-2)25-12-10-17-6-3-4-7-18(17)15-25;/h3-9,14H,10-13,15H2,1-2H3,(H,22,23)(H,24,26);1H. The zero-order valence-corrected chi connectivity index (χ0v) is 18.6. The smallest absolute Gasteiger partial charge is 0.221 e. The predicted molar refractivity (Wildman–Crippen MR) is 124 cm³/mol. The first-order chi connectivity index (χ1) is 13.2. The van der Waals surface area contributed by atoms with Crippen LogP contribution in [0.5, 0.6) is 5.75 Å². The van der Waals surface area contributed by atoms with E-state index in [1.54, 1.807) is 7.05 Å². The minimum Gasteiger partial charge on any atom is -0.492 e. The number of ether oxygens (including phenoxy) is 1. The Bertz CT molecular complexity index is 826. The molecular weight excluding hydrogens is 467 g/mol. The number of anilines is 1. The number of guanidine groups is 1. The van der Waals surface area contributed by atoms with Crippen LogP contribution in [0, 0.1) is 0 Å². The molecule has 0 atom stereocenters. The maximum atomic E-state index is 11.1. The molecular formula is C21H27IN4O2. The van der Waals surface area contributed by atoms with Crippen LogP contribution in [0.15, 0.2) is 53.5 Å².